The van der Waals surface area contributed by atoms with Gasteiger partial charge in [0.05, 0.1) is 23.0 Å². The van der Waals surface area contributed by atoms with E-state index in [0.29, 0.717) is 11.1 Å². The van der Waals surface area contributed by atoms with Crippen LogP contribution in [0.25, 0.3) is 16.6 Å². The number of pyridine rings is 1. The Hall–Kier alpha value is -2.63. The van der Waals surface area contributed by atoms with Crippen LogP contribution in [-0.4, -0.2) is 25.7 Å². The Kier molecular flexibility index (Phi) is 2.38. The van der Waals surface area contributed by atoms with E-state index in [4.69, 9.17) is 5.73 Å². The van der Waals surface area contributed by atoms with Crippen LogP contribution in [0.5, 0.6) is 0 Å². The highest BCUT2D eigenvalue weighted by molar-refractivity contribution is 6.00. The molecule has 6 nitrogen and oxygen atoms in total. The second kappa shape index (κ2) is 3.94. The number of H-pyrrole nitrogens is 1. The van der Waals surface area contributed by atoms with Crippen molar-refractivity contribution in [3.63, 3.8) is 0 Å². The number of aromatic amines is 1. The Morgan fingerprint density at radius 1 is 1.42 bits per heavy atom. The van der Waals surface area contributed by atoms with Crippen LogP contribution in [0.1, 0.15) is 21.7 Å². The number of nitrogens with one attached hydrogen (secondary N) is 1. The predicted octanol–water partition coefficient (Wildman–Crippen LogP) is 1.44. The van der Waals surface area contributed by atoms with Crippen molar-refractivity contribution in [1.29, 1.82) is 0 Å². The molecular weight excluding hydrogens is 242 g/mol. The van der Waals surface area contributed by atoms with E-state index in [1.54, 1.807) is 4.52 Å². The molecule has 0 atom stereocenters. The molecule has 96 valence electrons. The number of primary amides is 1. The lowest BCUT2D eigenvalue weighted by Gasteiger charge is -2.03. The Balaban J connectivity index is 2.26. The molecule has 3 heterocycles. The molecule has 3 N–H and O–H groups in total. The average Bonchev–Trinajstić information content (AvgIpc) is 2.92. The van der Waals surface area contributed by atoms with Crippen molar-refractivity contribution >= 4 is 11.4 Å². The molecular formula is C13H13N5O. The third kappa shape index (κ3) is 1.69. The van der Waals surface area contributed by atoms with Crippen LogP contribution in [0, 0.1) is 13.8 Å². The van der Waals surface area contributed by atoms with Gasteiger partial charge in [-0.25, -0.2) is 4.52 Å². The first-order valence-electron chi connectivity index (χ1n) is 5.87. The minimum Gasteiger partial charge on any atom is -0.365 e. The minimum atomic E-state index is -0.479. The molecule has 0 aliphatic heterocycles. The lowest BCUT2D eigenvalue weighted by atomic mass is 10.0. The Morgan fingerprint density at radius 3 is 2.84 bits per heavy atom. The van der Waals surface area contributed by atoms with Crippen molar-refractivity contribution < 1.29 is 4.79 Å². The van der Waals surface area contributed by atoms with Gasteiger partial charge in [0.25, 0.3) is 5.91 Å². The zero-order chi connectivity index (χ0) is 13.6. The molecule has 0 aliphatic rings. The number of fused-ring (bicyclic) bond motifs is 1. The molecule has 0 fully saturated rings. The van der Waals surface area contributed by atoms with Crippen molar-refractivity contribution in [1.82, 2.24) is 19.8 Å². The highest BCUT2D eigenvalue weighted by Crippen LogP contribution is 2.26. The van der Waals surface area contributed by atoms with E-state index in [2.05, 4.69) is 15.3 Å². The smallest absolute Gasteiger partial charge is 0.252 e. The normalized spacial score (nSPS) is 11.1. The molecule has 19 heavy (non-hydrogen) atoms. The first kappa shape index (κ1) is 11.5. The maximum absolute atomic E-state index is 11.4. The second-order valence-electron chi connectivity index (χ2n) is 4.48. The van der Waals surface area contributed by atoms with Gasteiger partial charge in [0.15, 0.2) is 0 Å². The van der Waals surface area contributed by atoms with Crippen molar-refractivity contribution in [2.75, 3.05) is 0 Å². The fraction of sp³-hybridized carbons (Fsp3) is 0.154. The molecule has 6 heteroatoms. The lowest BCUT2D eigenvalue weighted by Crippen LogP contribution is -2.10. The maximum Gasteiger partial charge on any atom is 0.252 e. The third-order valence-electron chi connectivity index (χ3n) is 3.20. The molecule has 3 aromatic rings. The fourth-order valence-electron chi connectivity index (χ4n) is 2.30. The molecule has 0 unspecified atom stereocenters. The van der Waals surface area contributed by atoms with E-state index in [0.717, 1.165) is 22.5 Å². The average molecular weight is 255 g/mol. The number of amides is 1. The summed E-state index contributed by atoms with van der Waals surface area (Å²) in [6, 6.07) is 3.84. The number of hydrogen-bond donors (Lipinski definition) is 2. The van der Waals surface area contributed by atoms with Crippen molar-refractivity contribution in [2.45, 2.75) is 13.8 Å². The van der Waals surface area contributed by atoms with Gasteiger partial charge in [-0.15, -0.1) is 0 Å². The first-order valence-corrected chi connectivity index (χ1v) is 5.87. The molecule has 3 aromatic heterocycles. The maximum atomic E-state index is 11.4. The van der Waals surface area contributed by atoms with E-state index in [-0.39, 0.29) is 0 Å². The number of carbonyl (C=O) groups excluding carboxylic acids is 1. The molecule has 0 aromatic carbocycles. The van der Waals surface area contributed by atoms with Gasteiger partial charge >= 0.3 is 0 Å². The Bertz CT molecular complexity index is 764. The largest absolute Gasteiger partial charge is 0.365 e. The van der Waals surface area contributed by atoms with Gasteiger partial charge in [0.2, 0.25) is 0 Å². The van der Waals surface area contributed by atoms with Crippen molar-refractivity contribution in [3.8, 4) is 11.1 Å². The van der Waals surface area contributed by atoms with E-state index in [1.165, 1.54) is 6.20 Å². The summed E-state index contributed by atoms with van der Waals surface area (Å²) in [5.41, 5.74) is 10.4. The first-order chi connectivity index (χ1) is 9.08. The highest BCUT2D eigenvalue weighted by atomic mass is 16.1. The molecule has 0 saturated heterocycles. The number of aryl methyl sites for hydroxylation is 2. The lowest BCUT2D eigenvalue weighted by molar-refractivity contribution is 0.100. The summed E-state index contributed by atoms with van der Waals surface area (Å²) in [5, 5.41) is 11.2. The third-order valence-corrected chi connectivity index (χ3v) is 3.20. The zero-order valence-electron chi connectivity index (χ0n) is 10.6. The van der Waals surface area contributed by atoms with Gasteiger partial charge in [-0.1, -0.05) is 0 Å². The molecule has 1 amide bonds. The summed E-state index contributed by atoms with van der Waals surface area (Å²) in [6.45, 7) is 3.90. The molecule has 0 aliphatic carbocycles. The number of nitrogens with zero attached hydrogens (tertiary/aromatic N) is 3. The van der Waals surface area contributed by atoms with Crippen LogP contribution in [0.3, 0.4) is 0 Å². The van der Waals surface area contributed by atoms with Crippen LogP contribution in [0.15, 0.2) is 24.5 Å². The van der Waals surface area contributed by atoms with Crippen LogP contribution < -0.4 is 5.73 Å². The number of carbonyl (C=O) groups is 1. The monoisotopic (exact) mass is 255 g/mol. The van der Waals surface area contributed by atoms with Gasteiger partial charge in [-0.3, -0.25) is 9.89 Å². The number of hydrogen-bond acceptors (Lipinski definition) is 3. The number of aromatic nitrogens is 4. The number of rotatable bonds is 2. The zero-order valence-corrected chi connectivity index (χ0v) is 10.6. The van der Waals surface area contributed by atoms with Crippen molar-refractivity contribution in [2.24, 2.45) is 5.73 Å². The number of nitrogens with two attached hydrogens (primary N) is 1. The van der Waals surface area contributed by atoms with Crippen LogP contribution >= 0.6 is 0 Å². The van der Waals surface area contributed by atoms with Crippen LogP contribution in [0.4, 0.5) is 0 Å². The van der Waals surface area contributed by atoms with E-state index >= 15 is 0 Å². The van der Waals surface area contributed by atoms with Gasteiger partial charge < -0.3 is 5.73 Å². The summed E-state index contributed by atoms with van der Waals surface area (Å²) in [4.78, 5) is 11.4. The SMILES string of the molecule is Cc1n[nH]c(C)c1-c1ccn2ncc(C(N)=O)c2c1. The van der Waals surface area contributed by atoms with Gasteiger partial charge in [0.1, 0.15) is 0 Å². The topological polar surface area (TPSA) is 89.1 Å². The van der Waals surface area contributed by atoms with Gasteiger partial charge in [0, 0.05) is 17.5 Å². The molecule has 0 radical (unpaired) electrons. The predicted molar refractivity (Wildman–Crippen MR) is 70.8 cm³/mol. The molecule has 0 bridgehead atoms. The van der Waals surface area contributed by atoms with E-state index in [1.807, 2.05) is 32.2 Å². The van der Waals surface area contributed by atoms with Crippen LogP contribution in [-0.2, 0) is 0 Å². The van der Waals surface area contributed by atoms with E-state index in [9.17, 15) is 4.79 Å². The summed E-state index contributed by atoms with van der Waals surface area (Å²) in [7, 11) is 0. The highest BCUT2D eigenvalue weighted by Gasteiger charge is 2.13. The molecule has 0 spiro atoms. The fourth-order valence-corrected chi connectivity index (χ4v) is 2.30. The quantitative estimate of drug-likeness (QED) is 0.726. The van der Waals surface area contributed by atoms with E-state index < -0.39 is 5.91 Å². The summed E-state index contributed by atoms with van der Waals surface area (Å²) in [5.74, 6) is -0.479. The van der Waals surface area contributed by atoms with Gasteiger partial charge in [-0.05, 0) is 31.5 Å². The summed E-state index contributed by atoms with van der Waals surface area (Å²) >= 11 is 0. The second-order valence-corrected chi connectivity index (χ2v) is 4.48. The van der Waals surface area contributed by atoms with Gasteiger partial charge in [-0.2, -0.15) is 10.2 Å². The Morgan fingerprint density at radius 2 is 2.21 bits per heavy atom. The van der Waals surface area contributed by atoms with Crippen LogP contribution in [0.2, 0.25) is 0 Å². The van der Waals surface area contributed by atoms with Crippen molar-refractivity contribution in [3.05, 3.63) is 41.5 Å². The minimum absolute atomic E-state index is 0.417. The molecule has 0 saturated carbocycles. The Labute approximate surface area is 109 Å². The molecule has 3 rings (SSSR count). The summed E-state index contributed by atoms with van der Waals surface area (Å²) < 4.78 is 1.63. The summed E-state index contributed by atoms with van der Waals surface area (Å²) in [6.07, 6.45) is 3.29. The standard InChI is InChI=1S/C13H13N5O/c1-7-12(8(2)17-16-7)9-3-4-18-11(5-9)10(6-15-18)13(14)19/h3-6H,1-2H3,(H2,14,19)(H,16,17).